The third-order valence-corrected chi connectivity index (χ3v) is 5.22. The second-order valence-electron chi connectivity index (χ2n) is 6.81. The molecule has 3 aliphatic rings. The molecule has 3 amide bonds. The van der Waals surface area contributed by atoms with E-state index in [0.29, 0.717) is 5.02 Å². The Balaban J connectivity index is 1.40. The Hall–Kier alpha value is -2.74. The molecule has 0 saturated carbocycles. The predicted octanol–water partition coefficient (Wildman–Crippen LogP) is 1.87. The monoisotopic (exact) mass is 388 g/mol. The minimum Gasteiger partial charge on any atom is -0.385 e. The van der Waals surface area contributed by atoms with Gasteiger partial charge in [0.2, 0.25) is 5.96 Å². The number of anilines is 1. The molecule has 0 bridgehead atoms. The number of benzene rings is 1. The number of fused-ring (bicyclic) bond motifs is 3. The standard InChI is InChI=1S/C18H21ClN6O2/c1-11-10-25-14-15(23(2)18(27)22-16(14)26)21-17(25)24(11)8-4-7-20-13-6-3-5-12(19)9-13/h3,5-6,9-10,14-15,20H,4,7-8H2,1-2H3,(H,22,26,27). The Labute approximate surface area is 162 Å². The van der Waals surface area contributed by atoms with Crippen molar-refractivity contribution in [1.82, 2.24) is 20.0 Å². The van der Waals surface area contributed by atoms with Crippen LogP contribution in [0.2, 0.25) is 5.02 Å². The van der Waals surface area contributed by atoms with Crippen molar-refractivity contribution in [3.63, 3.8) is 0 Å². The van der Waals surface area contributed by atoms with Gasteiger partial charge in [-0.05, 0) is 31.5 Å². The number of nitrogens with zero attached hydrogens (tertiary/aromatic N) is 4. The molecule has 2 unspecified atom stereocenters. The van der Waals surface area contributed by atoms with Gasteiger partial charge in [-0.25, -0.2) is 9.79 Å². The Kier molecular flexibility index (Phi) is 4.43. The lowest BCUT2D eigenvalue weighted by molar-refractivity contribution is -0.126. The number of imide groups is 1. The summed E-state index contributed by atoms with van der Waals surface area (Å²) in [4.78, 5) is 34.2. The van der Waals surface area contributed by atoms with Crippen molar-refractivity contribution in [1.29, 1.82) is 0 Å². The number of carbonyl (C=O) groups is 2. The summed E-state index contributed by atoms with van der Waals surface area (Å²) in [5, 5.41) is 6.44. The number of hydrogen-bond acceptors (Lipinski definition) is 6. The molecule has 0 spiro atoms. The van der Waals surface area contributed by atoms with Crippen molar-refractivity contribution >= 4 is 35.2 Å². The van der Waals surface area contributed by atoms with Crippen molar-refractivity contribution in [2.75, 3.05) is 25.5 Å². The number of halogens is 1. The van der Waals surface area contributed by atoms with E-state index in [4.69, 9.17) is 11.6 Å². The highest BCUT2D eigenvalue weighted by Crippen LogP contribution is 2.31. The van der Waals surface area contributed by atoms with Crippen molar-refractivity contribution in [3.8, 4) is 0 Å². The zero-order valence-electron chi connectivity index (χ0n) is 15.1. The number of allylic oxidation sites excluding steroid dienone is 1. The highest BCUT2D eigenvalue weighted by Gasteiger charge is 2.51. The lowest BCUT2D eigenvalue weighted by atomic mass is 10.1. The summed E-state index contributed by atoms with van der Waals surface area (Å²) in [6.45, 7) is 3.53. The van der Waals surface area contributed by atoms with E-state index in [0.717, 1.165) is 36.9 Å². The molecule has 2 N–H and O–H groups in total. The van der Waals surface area contributed by atoms with Crippen molar-refractivity contribution < 1.29 is 9.59 Å². The maximum absolute atomic E-state index is 12.3. The molecule has 8 nitrogen and oxygen atoms in total. The van der Waals surface area contributed by atoms with E-state index in [2.05, 4.69) is 20.5 Å². The molecule has 142 valence electrons. The van der Waals surface area contributed by atoms with Crippen LogP contribution in [0.4, 0.5) is 10.5 Å². The average Bonchev–Trinajstić information content (AvgIpc) is 3.12. The number of likely N-dealkylation sites (N-methyl/N-ethyl adjacent to an activating group) is 1. The Morgan fingerprint density at radius 1 is 1.33 bits per heavy atom. The van der Waals surface area contributed by atoms with Crippen LogP contribution in [0.5, 0.6) is 0 Å². The van der Waals surface area contributed by atoms with Crippen LogP contribution in [0.3, 0.4) is 0 Å². The number of rotatable bonds is 5. The minimum atomic E-state index is -0.507. The van der Waals surface area contributed by atoms with Crippen molar-refractivity contribution in [2.45, 2.75) is 25.6 Å². The van der Waals surface area contributed by atoms with E-state index in [1.165, 1.54) is 4.90 Å². The summed E-state index contributed by atoms with van der Waals surface area (Å²) in [6.07, 6.45) is 2.32. The smallest absolute Gasteiger partial charge is 0.325 e. The maximum atomic E-state index is 12.3. The van der Waals surface area contributed by atoms with Gasteiger partial charge >= 0.3 is 6.03 Å². The second-order valence-corrected chi connectivity index (χ2v) is 7.25. The van der Waals surface area contributed by atoms with Crippen LogP contribution in [0.1, 0.15) is 13.3 Å². The van der Waals surface area contributed by atoms with Crippen molar-refractivity contribution in [3.05, 3.63) is 41.2 Å². The molecule has 27 heavy (non-hydrogen) atoms. The fraction of sp³-hybridized carbons (Fsp3) is 0.389. The Morgan fingerprint density at radius 3 is 2.93 bits per heavy atom. The molecule has 3 aliphatic heterocycles. The number of urea groups is 1. The number of guanidine groups is 1. The maximum Gasteiger partial charge on any atom is 0.325 e. The molecule has 0 aliphatic carbocycles. The van der Waals surface area contributed by atoms with E-state index in [1.54, 1.807) is 7.05 Å². The van der Waals surface area contributed by atoms with E-state index in [1.807, 2.05) is 42.3 Å². The molecular weight excluding hydrogens is 368 g/mol. The largest absolute Gasteiger partial charge is 0.385 e. The molecule has 1 aromatic carbocycles. The first kappa shape index (κ1) is 17.7. The van der Waals surface area contributed by atoms with Crippen LogP contribution in [0.25, 0.3) is 0 Å². The summed E-state index contributed by atoms with van der Waals surface area (Å²) in [5.41, 5.74) is 2.01. The summed E-state index contributed by atoms with van der Waals surface area (Å²) in [6, 6.07) is 6.70. The fourth-order valence-electron chi connectivity index (χ4n) is 3.59. The molecule has 9 heteroatoms. The first-order valence-electron chi connectivity index (χ1n) is 8.85. The van der Waals surface area contributed by atoms with Crippen molar-refractivity contribution in [2.24, 2.45) is 4.99 Å². The lowest BCUT2D eigenvalue weighted by Gasteiger charge is -2.34. The van der Waals surface area contributed by atoms with Gasteiger partial charge in [-0.2, -0.15) is 0 Å². The highest BCUT2D eigenvalue weighted by atomic mass is 35.5. The first-order valence-corrected chi connectivity index (χ1v) is 9.23. The van der Waals surface area contributed by atoms with E-state index < -0.39 is 18.2 Å². The van der Waals surface area contributed by atoms with E-state index in [9.17, 15) is 9.59 Å². The van der Waals surface area contributed by atoms with Crippen LogP contribution in [0, 0.1) is 0 Å². The van der Waals surface area contributed by atoms with E-state index >= 15 is 0 Å². The number of carbonyl (C=O) groups excluding carboxylic acids is 2. The second kappa shape index (κ2) is 6.77. The normalized spacial score (nSPS) is 23.7. The molecule has 0 aromatic heterocycles. The van der Waals surface area contributed by atoms with E-state index in [-0.39, 0.29) is 5.91 Å². The van der Waals surface area contributed by atoms with Gasteiger partial charge in [0.05, 0.1) is 0 Å². The van der Waals surface area contributed by atoms with Gasteiger partial charge in [0.25, 0.3) is 5.91 Å². The topological polar surface area (TPSA) is 80.3 Å². The zero-order valence-corrected chi connectivity index (χ0v) is 15.9. The lowest BCUT2D eigenvalue weighted by Crippen LogP contribution is -2.62. The number of nitrogens with one attached hydrogen (secondary N) is 2. The van der Waals surface area contributed by atoms with Crippen LogP contribution >= 0.6 is 11.6 Å². The summed E-state index contributed by atoms with van der Waals surface area (Å²) in [5.74, 6) is 0.414. The number of hydrogen-bond donors (Lipinski definition) is 2. The number of amides is 3. The molecule has 3 heterocycles. The highest BCUT2D eigenvalue weighted by molar-refractivity contribution is 6.30. The van der Waals surface area contributed by atoms with Gasteiger partial charge < -0.3 is 20.0 Å². The average molecular weight is 389 g/mol. The van der Waals surface area contributed by atoms with Gasteiger partial charge in [-0.1, -0.05) is 17.7 Å². The zero-order chi connectivity index (χ0) is 19.1. The number of aliphatic imine (C=N–C) groups is 1. The third kappa shape index (κ3) is 3.10. The van der Waals surface area contributed by atoms with Gasteiger partial charge in [0.1, 0.15) is 0 Å². The Bertz CT molecular complexity index is 854. The first-order chi connectivity index (χ1) is 13.0. The van der Waals surface area contributed by atoms with Crippen LogP contribution in [-0.2, 0) is 4.79 Å². The molecule has 1 aromatic rings. The van der Waals surface area contributed by atoms with Gasteiger partial charge in [-0.15, -0.1) is 0 Å². The van der Waals surface area contributed by atoms with Crippen LogP contribution < -0.4 is 10.6 Å². The third-order valence-electron chi connectivity index (χ3n) is 4.98. The summed E-state index contributed by atoms with van der Waals surface area (Å²) < 4.78 is 0. The predicted molar refractivity (Wildman–Crippen MR) is 103 cm³/mol. The summed E-state index contributed by atoms with van der Waals surface area (Å²) >= 11 is 6.00. The minimum absolute atomic E-state index is 0.310. The van der Waals surface area contributed by atoms with Crippen LogP contribution in [0.15, 0.2) is 41.2 Å². The quantitative estimate of drug-likeness (QED) is 0.753. The van der Waals surface area contributed by atoms with Gasteiger partial charge in [0, 0.05) is 42.7 Å². The molecule has 1 saturated heterocycles. The molecule has 0 radical (unpaired) electrons. The SMILES string of the molecule is CC1=CN2C(=NC3C2C(=O)NC(=O)N3C)N1CCCNc1cccc(Cl)c1. The molecule has 1 fully saturated rings. The summed E-state index contributed by atoms with van der Waals surface area (Å²) in [7, 11) is 1.65. The molecule has 4 rings (SSSR count). The molecule has 2 atom stereocenters. The van der Waals surface area contributed by atoms with Gasteiger partial charge in [0.15, 0.2) is 12.2 Å². The fourth-order valence-corrected chi connectivity index (χ4v) is 3.78. The van der Waals surface area contributed by atoms with Gasteiger partial charge in [-0.3, -0.25) is 10.1 Å². The molecular formula is C18H21ClN6O2. The Morgan fingerprint density at radius 2 is 2.15 bits per heavy atom. The van der Waals surface area contributed by atoms with Crippen LogP contribution in [-0.4, -0.2) is 64.9 Å².